The van der Waals surface area contributed by atoms with E-state index in [9.17, 15) is 0 Å². The van der Waals surface area contributed by atoms with Crippen LogP contribution in [0.4, 0.5) is 0 Å². The number of aromatic nitrogens is 1. The third-order valence-corrected chi connectivity index (χ3v) is 3.21. The first-order valence-electron chi connectivity index (χ1n) is 5.63. The van der Waals surface area contributed by atoms with Gasteiger partial charge >= 0.3 is 0 Å². The number of hydrogen-bond donors (Lipinski definition) is 2. The van der Waals surface area contributed by atoms with Crippen molar-refractivity contribution in [2.45, 2.75) is 19.8 Å². The van der Waals surface area contributed by atoms with Gasteiger partial charge < -0.3 is 10.3 Å². The largest absolute Gasteiger partial charge is 0.358 e. The minimum Gasteiger partial charge on any atom is -0.358 e. The molecule has 1 heterocycles. The number of halogens is 1. The maximum absolute atomic E-state index is 5.98. The van der Waals surface area contributed by atoms with E-state index in [0.29, 0.717) is 0 Å². The SMILES string of the molecule is CNCCCc1[nH]c2cc(Cl)ccc2c1C. The van der Waals surface area contributed by atoms with Gasteiger partial charge in [-0.1, -0.05) is 17.7 Å². The molecule has 1 aromatic carbocycles. The highest BCUT2D eigenvalue weighted by atomic mass is 35.5. The summed E-state index contributed by atoms with van der Waals surface area (Å²) < 4.78 is 0. The number of benzene rings is 1. The Kier molecular flexibility index (Phi) is 3.52. The fourth-order valence-electron chi connectivity index (χ4n) is 2.06. The number of hydrogen-bond acceptors (Lipinski definition) is 1. The fraction of sp³-hybridized carbons (Fsp3) is 0.385. The minimum atomic E-state index is 0.788. The van der Waals surface area contributed by atoms with Crippen LogP contribution in [-0.2, 0) is 6.42 Å². The number of fused-ring (bicyclic) bond motifs is 1. The molecular formula is C13H17ClN2. The van der Waals surface area contributed by atoms with Crippen LogP contribution in [0, 0.1) is 6.92 Å². The number of aromatic amines is 1. The van der Waals surface area contributed by atoms with Crippen LogP contribution in [0.2, 0.25) is 5.02 Å². The molecular weight excluding hydrogens is 220 g/mol. The van der Waals surface area contributed by atoms with Gasteiger partial charge in [-0.15, -0.1) is 0 Å². The summed E-state index contributed by atoms with van der Waals surface area (Å²) in [7, 11) is 1.98. The smallest absolute Gasteiger partial charge is 0.0473 e. The number of aryl methyl sites for hydroxylation is 2. The average molecular weight is 237 g/mol. The molecule has 3 heteroatoms. The summed E-state index contributed by atoms with van der Waals surface area (Å²) in [5, 5.41) is 5.23. The monoisotopic (exact) mass is 236 g/mol. The molecule has 0 aliphatic heterocycles. The first kappa shape index (κ1) is 11.5. The molecule has 2 rings (SSSR count). The molecule has 1 aromatic heterocycles. The Hall–Kier alpha value is -0.990. The standard InChI is InChI=1S/C13H17ClN2/c1-9-11-6-5-10(14)8-13(11)16-12(9)4-3-7-15-2/h5-6,8,15-16H,3-4,7H2,1-2H3. The van der Waals surface area contributed by atoms with Gasteiger partial charge in [0.25, 0.3) is 0 Å². The number of H-pyrrole nitrogens is 1. The lowest BCUT2D eigenvalue weighted by molar-refractivity contribution is 0.716. The van der Waals surface area contributed by atoms with Crippen LogP contribution in [0.3, 0.4) is 0 Å². The molecule has 0 saturated heterocycles. The van der Waals surface area contributed by atoms with Crippen molar-refractivity contribution in [1.29, 1.82) is 0 Å². The Labute approximate surface area is 101 Å². The van der Waals surface area contributed by atoms with Crippen LogP contribution in [0.1, 0.15) is 17.7 Å². The zero-order chi connectivity index (χ0) is 11.5. The van der Waals surface area contributed by atoms with Crippen molar-refractivity contribution in [3.05, 3.63) is 34.5 Å². The average Bonchev–Trinajstić information content (AvgIpc) is 2.56. The molecule has 0 spiro atoms. The molecule has 0 fully saturated rings. The van der Waals surface area contributed by atoms with Gasteiger partial charge in [0.2, 0.25) is 0 Å². The Balaban J connectivity index is 2.29. The van der Waals surface area contributed by atoms with E-state index in [2.05, 4.69) is 23.3 Å². The van der Waals surface area contributed by atoms with Gasteiger partial charge in [0.15, 0.2) is 0 Å². The second-order valence-corrected chi connectivity index (χ2v) is 4.56. The second-order valence-electron chi connectivity index (χ2n) is 4.13. The molecule has 16 heavy (non-hydrogen) atoms. The van der Waals surface area contributed by atoms with Crippen LogP contribution in [0.5, 0.6) is 0 Å². The van der Waals surface area contributed by atoms with E-state index in [4.69, 9.17) is 11.6 Å². The molecule has 0 atom stereocenters. The summed E-state index contributed by atoms with van der Waals surface area (Å²) >= 11 is 5.98. The van der Waals surface area contributed by atoms with E-state index in [1.165, 1.54) is 16.6 Å². The Morgan fingerprint density at radius 2 is 2.19 bits per heavy atom. The predicted octanol–water partition coefficient (Wildman–Crippen LogP) is 3.28. The summed E-state index contributed by atoms with van der Waals surface area (Å²) in [6.07, 6.45) is 2.23. The van der Waals surface area contributed by atoms with Crippen molar-refractivity contribution >= 4 is 22.5 Å². The minimum absolute atomic E-state index is 0.788. The van der Waals surface area contributed by atoms with E-state index < -0.39 is 0 Å². The highest BCUT2D eigenvalue weighted by Crippen LogP contribution is 2.25. The number of rotatable bonds is 4. The third kappa shape index (κ3) is 2.23. The first-order chi connectivity index (χ1) is 7.72. The molecule has 2 N–H and O–H groups in total. The van der Waals surface area contributed by atoms with Crippen LogP contribution < -0.4 is 5.32 Å². The van der Waals surface area contributed by atoms with Crippen molar-refractivity contribution < 1.29 is 0 Å². The highest BCUT2D eigenvalue weighted by molar-refractivity contribution is 6.31. The van der Waals surface area contributed by atoms with E-state index in [-0.39, 0.29) is 0 Å². The molecule has 0 unspecified atom stereocenters. The van der Waals surface area contributed by atoms with Gasteiger partial charge in [-0.25, -0.2) is 0 Å². The molecule has 0 amide bonds. The van der Waals surface area contributed by atoms with Crippen molar-refractivity contribution in [2.24, 2.45) is 0 Å². The topological polar surface area (TPSA) is 27.8 Å². The third-order valence-electron chi connectivity index (χ3n) is 2.98. The molecule has 0 bridgehead atoms. The Morgan fingerprint density at radius 1 is 1.38 bits per heavy atom. The van der Waals surface area contributed by atoms with Crippen molar-refractivity contribution in [3.63, 3.8) is 0 Å². The maximum Gasteiger partial charge on any atom is 0.0473 e. The van der Waals surface area contributed by atoms with E-state index in [0.717, 1.165) is 29.9 Å². The molecule has 86 valence electrons. The number of nitrogens with one attached hydrogen (secondary N) is 2. The summed E-state index contributed by atoms with van der Waals surface area (Å²) in [6.45, 7) is 3.22. The molecule has 2 nitrogen and oxygen atoms in total. The second kappa shape index (κ2) is 4.89. The summed E-state index contributed by atoms with van der Waals surface area (Å²) in [6, 6.07) is 6.03. The van der Waals surface area contributed by atoms with Gasteiger partial charge in [-0.05, 0) is 51.1 Å². The fourth-order valence-corrected chi connectivity index (χ4v) is 2.23. The molecule has 0 aliphatic rings. The van der Waals surface area contributed by atoms with Crippen LogP contribution >= 0.6 is 11.6 Å². The zero-order valence-electron chi connectivity index (χ0n) is 9.73. The van der Waals surface area contributed by atoms with Crippen LogP contribution in [0.25, 0.3) is 10.9 Å². The Morgan fingerprint density at radius 3 is 2.94 bits per heavy atom. The van der Waals surface area contributed by atoms with E-state index >= 15 is 0 Å². The van der Waals surface area contributed by atoms with Crippen LogP contribution in [-0.4, -0.2) is 18.6 Å². The maximum atomic E-state index is 5.98. The summed E-state index contributed by atoms with van der Waals surface area (Å²) in [4.78, 5) is 3.45. The Bertz CT molecular complexity index is 488. The molecule has 0 radical (unpaired) electrons. The predicted molar refractivity (Wildman–Crippen MR) is 70.3 cm³/mol. The van der Waals surface area contributed by atoms with Gasteiger partial charge in [-0.3, -0.25) is 0 Å². The molecule has 0 saturated carbocycles. The molecule has 0 aliphatic carbocycles. The van der Waals surface area contributed by atoms with E-state index in [1.54, 1.807) is 0 Å². The summed E-state index contributed by atoms with van der Waals surface area (Å²) in [5.41, 5.74) is 3.82. The van der Waals surface area contributed by atoms with Gasteiger partial charge in [-0.2, -0.15) is 0 Å². The summed E-state index contributed by atoms with van der Waals surface area (Å²) in [5.74, 6) is 0. The van der Waals surface area contributed by atoms with Crippen molar-refractivity contribution in [1.82, 2.24) is 10.3 Å². The quantitative estimate of drug-likeness (QED) is 0.784. The highest BCUT2D eigenvalue weighted by Gasteiger charge is 2.07. The normalized spacial score (nSPS) is 11.2. The van der Waals surface area contributed by atoms with E-state index in [1.807, 2.05) is 19.2 Å². The van der Waals surface area contributed by atoms with Gasteiger partial charge in [0, 0.05) is 21.6 Å². The first-order valence-corrected chi connectivity index (χ1v) is 6.01. The van der Waals surface area contributed by atoms with Gasteiger partial charge in [0.1, 0.15) is 0 Å². The lowest BCUT2D eigenvalue weighted by Gasteiger charge is -1.99. The zero-order valence-corrected chi connectivity index (χ0v) is 10.5. The van der Waals surface area contributed by atoms with Crippen LogP contribution in [0.15, 0.2) is 18.2 Å². The lowest BCUT2D eigenvalue weighted by atomic mass is 10.1. The van der Waals surface area contributed by atoms with Gasteiger partial charge in [0.05, 0.1) is 0 Å². The van der Waals surface area contributed by atoms with Crippen molar-refractivity contribution in [3.8, 4) is 0 Å². The lowest BCUT2D eigenvalue weighted by Crippen LogP contribution is -2.08. The molecule has 2 aromatic rings. The van der Waals surface area contributed by atoms with Crippen molar-refractivity contribution in [2.75, 3.05) is 13.6 Å².